The van der Waals surface area contributed by atoms with Gasteiger partial charge in [-0.2, -0.15) is 0 Å². The van der Waals surface area contributed by atoms with Crippen molar-refractivity contribution in [2.45, 2.75) is 19.3 Å². The van der Waals surface area contributed by atoms with Gasteiger partial charge in [-0.05, 0) is 53.3 Å². The first-order valence-electron chi connectivity index (χ1n) is 5.86. The Morgan fingerprint density at radius 1 is 1.06 bits per heavy atom. The Hall–Kier alpha value is -0.170. The number of rotatable bonds is 2. The molecule has 0 radical (unpaired) electrons. The van der Waals surface area contributed by atoms with Crippen molar-refractivity contribution in [3.8, 4) is 0 Å². The molecule has 0 aliphatic carbocycles. The van der Waals surface area contributed by atoms with Crippen LogP contribution >= 0.6 is 22.6 Å². The van der Waals surface area contributed by atoms with E-state index in [1.54, 1.807) is 0 Å². The standard InChI is InChI=1S/C13H15IO3/c1-2-12-7-15-13(16-8-12,17-9-12)10-3-5-11(14)6-4-10/h3-6H,2,7-9H2,1H3. The van der Waals surface area contributed by atoms with E-state index in [0.29, 0.717) is 0 Å². The molecule has 3 nitrogen and oxygen atoms in total. The minimum Gasteiger partial charge on any atom is -0.323 e. The van der Waals surface area contributed by atoms with E-state index in [0.717, 1.165) is 31.8 Å². The number of hydrogen-bond acceptors (Lipinski definition) is 3. The number of ether oxygens (including phenoxy) is 3. The van der Waals surface area contributed by atoms with Crippen LogP contribution in [-0.2, 0) is 20.2 Å². The lowest BCUT2D eigenvalue weighted by atomic mass is 9.85. The predicted molar refractivity (Wildman–Crippen MR) is 71.4 cm³/mol. The summed E-state index contributed by atoms with van der Waals surface area (Å²) in [6.07, 6.45) is 1.02. The third-order valence-electron chi connectivity index (χ3n) is 3.65. The van der Waals surface area contributed by atoms with Gasteiger partial charge in [0.2, 0.25) is 0 Å². The van der Waals surface area contributed by atoms with Gasteiger partial charge in [-0.25, -0.2) is 0 Å². The van der Waals surface area contributed by atoms with Gasteiger partial charge in [-0.15, -0.1) is 0 Å². The van der Waals surface area contributed by atoms with Crippen LogP contribution in [0.1, 0.15) is 18.9 Å². The molecular weight excluding hydrogens is 331 g/mol. The van der Waals surface area contributed by atoms with Crippen LogP contribution in [0.3, 0.4) is 0 Å². The first-order valence-corrected chi connectivity index (χ1v) is 6.94. The van der Waals surface area contributed by atoms with Crippen molar-refractivity contribution < 1.29 is 14.2 Å². The van der Waals surface area contributed by atoms with Crippen molar-refractivity contribution in [1.82, 2.24) is 0 Å². The van der Waals surface area contributed by atoms with Gasteiger partial charge < -0.3 is 14.2 Å². The van der Waals surface area contributed by atoms with Crippen molar-refractivity contribution in [2.75, 3.05) is 19.8 Å². The largest absolute Gasteiger partial charge is 0.323 e. The molecule has 0 saturated carbocycles. The highest BCUT2D eigenvalue weighted by molar-refractivity contribution is 14.1. The quantitative estimate of drug-likeness (QED) is 0.771. The summed E-state index contributed by atoms with van der Waals surface area (Å²) >= 11 is 2.28. The van der Waals surface area contributed by atoms with E-state index < -0.39 is 5.97 Å². The zero-order valence-electron chi connectivity index (χ0n) is 9.74. The van der Waals surface area contributed by atoms with Gasteiger partial charge in [0.15, 0.2) is 0 Å². The molecule has 1 aromatic carbocycles. The summed E-state index contributed by atoms with van der Waals surface area (Å²) in [5.41, 5.74) is 1.01. The van der Waals surface area contributed by atoms with Crippen molar-refractivity contribution in [3.63, 3.8) is 0 Å². The molecule has 4 heteroatoms. The summed E-state index contributed by atoms with van der Waals surface area (Å²) in [6.45, 7) is 4.31. The Morgan fingerprint density at radius 3 is 2.06 bits per heavy atom. The molecule has 0 N–H and O–H groups in total. The Kier molecular flexibility index (Phi) is 2.93. The monoisotopic (exact) mass is 346 g/mol. The maximum Gasteiger partial charge on any atom is 0.312 e. The summed E-state index contributed by atoms with van der Waals surface area (Å²) in [4.78, 5) is 0. The molecule has 0 amide bonds. The number of halogens is 1. The Morgan fingerprint density at radius 2 is 1.59 bits per heavy atom. The Balaban J connectivity index is 1.88. The highest BCUT2D eigenvalue weighted by Crippen LogP contribution is 2.45. The summed E-state index contributed by atoms with van der Waals surface area (Å²) in [7, 11) is 0. The molecule has 4 rings (SSSR count). The van der Waals surface area contributed by atoms with Gasteiger partial charge in [0.25, 0.3) is 0 Å². The normalized spacial score (nSPS) is 36.1. The van der Waals surface area contributed by atoms with E-state index in [-0.39, 0.29) is 5.41 Å². The molecule has 2 bridgehead atoms. The third kappa shape index (κ3) is 1.91. The maximum atomic E-state index is 5.84. The van der Waals surface area contributed by atoms with E-state index in [1.807, 2.05) is 24.3 Å². The first-order chi connectivity index (χ1) is 8.18. The molecule has 3 aliphatic heterocycles. The lowest BCUT2D eigenvalue weighted by Crippen LogP contribution is -2.58. The Labute approximate surface area is 115 Å². The molecule has 17 heavy (non-hydrogen) atoms. The molecule has 3 saturated heterocycles. The Bertz CT molecular complexity index is 391. The average molecular weight is 346 g/mol. The van der Waals surface area contributed by atoms with Gasteiger partial charge in [0, 0.05) is 14.5 Å². The van der Waals surface area contributed by atoms with E-state index in [4.69, 9.17) is 14.2 Å². The summed E-state index contributed by atoms with van der Waals surface area (Å²) in [5.74, 6) is -0.957. The lowest BCUT2D eigenvalue weighted by Gasteiger charge is -2.51. The van der Waals surface area contributed by atoms with Crippen LogP contribution in [0.2, 0.25) is 0 Å². The maximum absolute atomic E-state index is 5.84. The van der Waals surface area contributed by atoms with Crippen LogP contribution in [-0.4, -0.2) is 19.8 Å². The van der Waals surface area contributed by atoms with Gasteiger partial charge >= 0.3 is 5.97 Å². The van der Waals surface area contributed by atoms with E-state index >= 15 is 0 Å². The SMILES string of the molecule is CCC12COC(c3ccc(I)cc3)(OC1)OC2. The molecular formula is C13H15IO3. The number of fused-ring (bicyclic) bond motifs is 3. The molecule has 3 heterocycles. The van der Waals surface area contributed by atoms with Crippen molar-refractivity contribution in [2.24, 2.45) is 5.41 Å². The average Bonchev–Trinajstić information content (AvgIpc) is 2.41. The molecule has 0 unspecified atom stereocenters. The van der Waals surface area contributed by atoms with E-state index in [2.05, 4.69) is 29.5 Å². The smallest absolute Gasteiger partial charge is 0.312 e. The fourth-order valence-electron chi connectivity index (χ4n) is 2.20. The zero-order chi connectivity index (χ0) is 11.9. The second kappa shape index (κ2) is 4.19. The fourth-order valence-corrected chi connectivity index (χ4v) is 2.56. The zero-order valence-corrected chi connectivity index (χ0v) is 11.9. The molecule has 3 fully saturated rings. The van der Waals surface area contributed by atoms with E-state index in [9.17, 15) is 0 Å². The number of hydrogen-bond donors (Lipinski definition) is 0. The van der Waals surface area contributed by atoms with Crippen LogP contribution in [0, 0.1) is 8.99 Å². The molecule has 0 spiro atoms. The van der Waals surface area contributed by atoms with Crippen LogP contribution in [0.4, 0.5) is 0 Å². The minimum atomic E-state index is -0.957. The van der Waals surface area contributed by atoms with Crippen molar-refractivity contribution >= 4 is 22.6 Å². The summed E-state index contributed by atoms with van der Waals surface area (Å²) in [5, 5.41) is 0. The molecule has 0 atom stereocenters. The van der Waals surface area contributed by atoms with Gasteiger partial charge in [-0.1, -0.05) is 6.92 Å². The highest BCUT2D eigenvalue weighted by Gasteiger charge is 2.52. The van der Waals surface area contributed by atoms with Crippen LogP contribution in [0.5, 0.6) is 0 Å². The molecule has 3 aliphatic rings. The fraction of sp³-hybridized carbons (Fsp3) is 0.538. The second-order valence-electron chi connectivity index (χ2n) is 4.78. The van der Waals surface area contributed by atoms with Crippen LogP contribution < -0.4 is 0 Å². The lowest BCUT2D eigenvalue weighted by molar-refractivity contribution is -0.480. The molecule has 92 valence electrons. The van der Waals surface area contributed by atoms with Crippen molar-refractivity contribution in [1.29, 1.82) is 0 Å². The topological polar surface area (TPSA) is 27.7 Å². The van der Waals surface area contributed by atoms with E-state index in [1.165, 1.54) is 3.57 Å². The summed E-state index contributed by atoms with van der Waals surface area (Å²) in [6, 6.07) is 8.09. The van der Waals surface area contributed by atoms with Gasteiger partial charge in [0.1, 0.15) is 0 Å². The van der Waals surface area contributed by atoms with Crippen LogP contribution in [0.15, 0.2) is 24.3 Å². The van der Waals surface area contributed by atoms with Gasteiger partial charge in [0.05, 0.1) is 19.8 Å². The molecule has 0 aromatic heterocycles. The summed E-state index contributed by atoms with van der Waals surface area (Å²) < 4.78 is 18.7. The first kappa shape index (κ1) is 11.9. The third-order valence-corrected chi connectivity index (χ3v) is 4.37. The highest BCUT2D eigenvalue weighted by atomic mass is 127. The van der Waals surface area contributed by atoms with Crippen LogP contribution in [0.25, 0.3) is 0 Å². The predicted octanol–water partition coefficient (Wildman–Crippen LogP) is 2.87. The van der Waals surface area contributed by atoms with Crippen molar-refractivity contribution in [3.05, 3.63) is 33.4 Å². The second-order valence-corrected chi connectivity index (χ2v) is 6.03. The minimum absolute atomic E-state index is 0.0605. The van der Waals surface area contributed by atoms with Gasteiger partial charge in [-0.3, -0.25) is 0 Å². The molecule has 1 aromatic rings. The number of benzene rings is 1.